The van der Waals surface area contributed by atoms with E-state index in [1.165, 1.54) is 0 Å². The Bertz CT molecular complexity index is 489. The lowest BCUT2D eigenvalue weighted by Crippen LogP contribution is -2.18. The van der Waals surface area contributed by atoms with Gasteiger partial charge in [-0.1, -0.05) is 19.1 Å². The summed E-state index contributed by atoms with van der Waals surface area (Å²) in [6, 6.07) is 7.14. The topological polar surface area (TPSA) is 46.2 Å². The maximum absolute atomic E-state index is 11.9. The van der Waals surface area contributed by atoms with Crippen LogP contribution in [0.3, 0.4) is 0 Å². The lowest BCUT2D eigenvalue weighted by atomic mass is 10.2. The normalized spacial score (nSPS) is 18.1. The molecule has 4 heteroatoms. The fourth-order valence-corrected chi connectivity index (χ4v) is 2.69. The molecule has 1 aliphatic carbocycles. The molecule has 2 rings (SSSR count). The molecule has 0 unspecified atom stereocenters. The quantitative estimate of drug-likeness (QED) is 0.877. The number of nitrogens with one attached hydrogen (secondary N) is 1. The van der Waals surface area contributed by atoms with Crippen molar-refractivity contribution in [3.8, 4) is 0 Å². The average molecular weight is 239 g/mol. The van der Waals surface area contributed by atoms with Crippen molar-refractivity contribution < 1.29 is 8.42 Å². The first-order valence-electron chi connectivity index (χ1n) is 5.57. The number of sulfone groups is 1. The van der Waals surface area contributed by atoms with E-state index in [1.807, 2.05) is 12.1 Å². The Morgan fingerprint density at radius 1 is 1.31 bits per heavy atom. The zero-order chi connectivity index (χ0) is 11.8. The highest BCUT2D eigenvalue weighted by molar-refractivity contribution is 7.91. The Morgan fingerprint density at radius 3 is 2.50 bits per heavy atom. The third-order valence-electron chi connectivity index (χ3n) is 3.04. The van der Waals surface area contributed by atoms with Crippen molar-refractivity contribution >= 4 is 15.5 Å². The Morgan fingerprint density at radius 2 is 1.94 bits per heavy atom. The van der Waals surface area contributed by atoms with E-state index >= 15 is 0 Å². The van der Waals surface area contributed by atoms with Gasteiger partial charge in [0.05, 0.1) is 16.3 Å². The summed E-state index contributed by atoms with van der Waals surface area (Å²) in [5.41, 5.74) is 0.837. The molecule has 0 bridgehead atoms. The molecule has 0 aliphatic heterocycles. The molecule has 1 fully saturated rings. The van der Waals surface area contributed by atoms with Crippen molar-refractivity contribution in [3.05, 3.63) is 24.3 Å². The number of benzene rings is 1. The summed E-state index contributed by atoms with van der Waals surface area (Å²) in [4.78, 5) is 0.422. The van der Waals surface area contributed by atoms with E-state index in [1.54, 1.807) is 19.1 Å². The first-order valence-corrected chi connectivity index (χ1v) is 7.22. The molecular weight excluding hydrogens is 222 g/mol. The van der Waals surface area contributed by atoms with Crippen LogP contribution in [0.15, 0.2) is 29.2 Å². The van der Waals surface area contributed by atoms with Gasteiger partial charge in [-0.15, -0.1) is 0 Å². The third kappa shape index (κ3) is 2.21. The predicted octanol–water partition coefficient (Wildman–Crippen LogP) is 2.44. The second kappa shape index (κ2) is 3.77. The highest BCUT2D eigenvalue weighted by Gasteiger charge is 2.37. The Balaban J connectivity index is 2.38. The van der Waals surface area contributed by atoms with Crippen LogP contribution in [-0.2, 0) is 9.84 Å². The maximum Gasteiger partial charge on any atom is 0.180 e. The van der Waals surface area contributed by atoms with Crippen LogP contribution in [0.5, 0.6) is 0 Å². The van der Waals surface area contributed by atoms with Crippen molar-refractivity contribution in [2.75, 3.05) is 11.1 Å². The van der Waals surface area contributed by atoms with Gasteiger partial charge >= 0.3 is 0 Å². The Hall–Kier alpha value is -1.03. The predicted molar refractivity (Wildman–Crippen MR) is 65.4 cm³/mol. The second-order valence-electron chi connectivity index (χ2n) is 4.59. The molecule has 1 aromatic rings. The summed E-state index contributed by atoms with van der Waals surface area (Å²) < 4.78 is 23.8. The summed E-state index contributed by atoms with van der Waals surface area (Å²) in [5.74, 6) is 0.141. The average Bonchev–Trinajstić information content (AvgIpc) is 2.97. The molecule has 1 saturated carbocycles. The first kappa shape index (κ1) is 11.5. The molecule has 88 valence electrons. The second-order valence-corrected chi connectivity index (χ2v) is 6.83. The molecule has 0 spiro atoms. The molecule has 0 heterocycles. The van der Waals surface area contributed by atoms with Gasteiger partial charge in [-0.2, -0.15) is 0 Å². The Labute approximate surface area is 96.8 Å². The molecular formula is C12H17NO2S. The van der Waals surface area contributed by atoms with E-state index in [2.05, 4.69) is 12.2 Å². The van der Waals surface area contributed by atoms with Gasteiger partial charge in [-0.25, -0.2) is 8.42 Å². The van der Waals surface area contributed by atoms with Gasteiger partial charge in [0.2, 0.25) is 0 Å². The summed E-state index contributed by atoms with van der Waals surface area (Å²) in [5, 5.41) is 3.32. The summed E-state index contributed by atoms with van der Waals surface area (Å²) in [7, 11) is -3.14. The van der Waals surface area contributed by atoms with Crippen molar-refractivity contribution in [1.29, 1.82) is 0 Å². The van der Waals surface area contributed by atoms with Crippen LogP contribution in [0, 0.1) is 0 Å². The monoisotopic (exact) mass is 239 g/mol. The van der Waals surface area contributed by atoms with Crippen molar-refractivity contribution in [3.63, 3.8) is 0 Å². The molecule has 1 aliphatic rings. The smallest absolute Gasteiger partial charge is 0.180 e. The molecule has 1 aromatic carbocycles. The summed E-state index contributed by atoms with van der Waals surface area (Å²) >= 11 is 0. The van der Waals surface area contributed by atoms with Gasteiger partial charge in [0, 0.05) is 5.54 Å². The van der Waals surface area contributed by atoms with Crippen molar-refractivity contribution in [2.45, 2.75) is 37.1 Å². The van der Waals surface area contributed by atoms with E-state index in [-0.39, 0.29) is 11.3 Å². The lowest BCUT2D eigenvalue weighted by molar-refractivity contribution is 0.597. The molecule has 16 heavy (non-hydrogen) atoms. The van der Waals surface area contributed by atoms with Crippen LogP contribution in [0.2, 0.25) is 0 Å². The third-order valence-corrected chi connectivity index (χ3v) is 4.82. The largest absolute Gasteiger partial charge is 0.379 e. The highest BCUT2D eigenvalue weighted by atomic mass is 32.2. The first-order chi connectivity index (χ1) is 7.47. The summed E-state index contributed by atoms with van der Waals surface area (Å²) in [6.07, 6.45) is 2.21. The van der Waals surface area contributed by atoms with Crippen LogP contribution in [0.4, 0.5) is 5.69 Å². The van der Waals surface area contributed by atoms with Crippen molar-refractivity contribution in [2.24, 2.45) is 0 Å². The van der Waals surface area contributed by atoms with Gasteiger partial charge in [0.15, 0.2) is 9.84 Å². The minimum atomic E-state index is -3.14. The lowest BCUT2D eigenvalue weighted by Gasteiger charge is -2.16. The highest BCUT2D eigenvalue weighted by Crippen LogP contribution is 2.39. The van der Waals surface area contributed by atoms with Crippen molar-refractivity contribution in [1.82, 2.24) is 0 Å². The van der Waals surface area contributed by atoms with Crippen LogP contribution in [-0.4, -0.2) is 19.7 Å². The van der Waals surface area contributed by atoms with Gasteiger partial charge in [0.25, 0.3) is 0 Å². The molecule has 0 amide bonds. The number of rotatable bonds is 4. The van der Waals surface area contributed by atoms with E-state index < -0.39 is 9.84 Å². The maximum atomic E-state index is 11.9. The van der Waals surface area contributed by atoms with Gasteiger partial charge < -0.3 is 5.32 Å². The van der Waals surface area contributed by atoms with Gasteiger partial charge in [-0.05, 0) is 31.9 Å². The molecule has 0 radical (unpaired) electrons. The number of hydrogen-bond donors (Lipinski definition) is 1. The number of hydrogen-bond acceptors (Lipinski definition) is 3. The van der Waals surface area contributed by atoms with E-state index in [9.17, 15) is 8.42 Å². The summed E-state index contributed by atoms with van der Waals surface area (Å²) in [6.45, 7) is 3.79. The fourth-order valence-electron chi connectivity index (χ4n) is 1.63. The molecule has 0 aromatic heterocycles. The van der Waals surface area contributed by atoms with E-state index in [4.69, 9.17) is 0 Å². The molecule has 1 N–H and O–H groups in total. The minimum absolute atomic E-state index is 0.0966. The van der Waals surface area contributed by atoms with Gasteiger partial charge in [0.1, 0.15) is 0 Å². The van der Waals surface area contributed by atoms with Gasteiger partial charge in [-0.3, -0.25) is 0 Å². The fraction of sp³-hybridized carbons (Fsp3) is 0.500. The number of para-hydroxylation sites is 1. The van der Waals surface area contributed by atoms with Crippen LogP contribution in [0.25, 0.3) is 0 Å². The van der Waals surface area contributed by atoms with Crippen LogP contribution in [0.1, 0.15) is 26.7 Å². The van der Waals surface area contributed by atoms with E-state index in [0.29, 0.717) is 4.90 Å². The minimum Gasteiger partial charge on any atom is -0.379 e. The SMILES string of the molecule is CCS(=O)(=O)c1ccccc1NC1(C)CC1. The molecule has 3 nitrogen and oxygen atoms in total. The molecule has 0 atom stereocenters. The zero-order valence-corrected chi connectivity index (χ0v) is 10.5. The van der Waals surface area contributed by atoms with Crippen LogP contribution < -0.4 is 5.32 Å². The van der Waals surface area contributed by atoms with Crippen LogP contribution >= 0.6 is 0 Å². The molecule has 0 saturated heterocycles. The zero-order valence-electron chi connectivity index (χ0n) is 9.66. The number of anilines is 1. The standard InChI is InChI=1S/C12H17NO2S/c1-3-16(14,15)11-7-5-4-6-10(11)13-12(2)8-9-12/h4-7,13H,3,8-9H2,1-2H3. The van der Waals surface area contributed by atoms with E-state index in [0.717, 1.165) is 18.5 Å². The Kier molecular flexibility index (Phi) is 2.70.